The van der Waals surface area contributed by atoms with Crippen LogP contribution in [-0.2, 0) is 4.79 Å². The van der Waals surface area contributed by atoms with Gasteiger partial charge in [0.15, 0.2) is 0 Å². The minimum absolute atomic E-state index is 0.347. The molecular weight excluding hydrogens is 284 g/mol. The smallest absolute Gasteiger partial charge is 0.225 e. The zero-order chi connectivity index (χ0) is 16.1. The Balaban J connectivity index is 1.44. The predicted octanol–water partition coefficient (Wildman–Crippen LogP) is 3.51. The maximum Gasteiger partial charge on any atom is 0.225 e. The Morgan fingerprint density at radius 1 is 1.09 bits per heavy atom. The second-order valence-electron chi connectivity index (χ2n) is 7.25. The van der Waals surface area contributed by atoms with E-state index >= 15 is 0 Å². The fraction of sp³-hybridized carbons (Fsp3) is 0.650. The first kappa shape index (κ1) is 16.5. The summed E-state index contributed by atoms with van der Waals surface area (Å²) < 4.78 is 0. The zero-order valence-corrected chi connectivity index (χ0v) is 14.4. The number of hydrogen-bond acceptors (Lipinski definition) is 2. The van der Waals surface area contributed by atoms with Gasteiger partial charge in [-0.25, -0.2) is 0 Å². The van der Waals surface area contributed by atoms with E-state index in [1.165, 1.54) is 18.4 Å². The first-order chi connectivity index (χ1) is 11.2. The quantitative estimate of drug-likeness (QED) is 0.830. The topological polar surface area (TPSA) is 23.6 Å². The van der Waals surface area contributed by atoms with Crippen LogP contribution >= 0.6 is 0 Å². The van der Waals surface area contributed by atoms with Crippen LogP contribution < -0.4 is 0 Å². The van der Waals surface area contributed by atoms with Gasteiger partial charge in [0.2, 0.25) is 5.91 Å². The van der Waals surface area contributed by atoms with E-state index in [1.807, 2.05) is 0 Å². The van der Waals surface area contributed by atoms with Crippen LogP contribution in [0, 0.1) is 5.92 Å². The molecule has 2 aliphatic rings. The lowest BCUT2D eigenvalue weighted by Crippen LogP contribution is -2.41. The lowest BCUT2D eigenvalue weighted by atomic mass is 9.84. The summed E-state index contributed by atoms with van der Waals surface area (Å²) in [5.41, 5.74) is 1.43. The van der Waals surface area contributed by atoms with Gasteiger partial charge in [0.1, 0.15) is 0 Å². The monoisotopic (exact) mass is 314 g/mol. The Bertz CT molecular complexity index is 498. The largest absolute Gasteiger partial charge is 0.341 e. The molecule has 0 N–H and O–H groups in total. The standard InChI is InChI=1S/C20H30N2O/c1-17(18-7-3-2-4-8-18)11-14-21-12-6-13-22(16-15-21)20(23)19-9-5-10-19/h2-4,7-8,17,19H,5-6,9-16H2,1H3/t17-/m0/s1. The Kier molecular flexibility index (Phi) is 5.71. The normalized spacial score (nSPS) is 21.5. The molecule has 0 aromatic heterocycles. The number of nitrogens with zero attached hydrogens (tertiary/aromatic N) is 2. The van der Waals surface area contributed by atoms with Crippen molar-refractivity contribution in [3.05, 3.63) is 35.9 Å². The molecule has 1 saturated heterocycles. The van der Waals surface area contributed by atoms with E-state index in [0.717, 1.165) is 52.0 Å². The van der Waals surface area contributed by atoms with Crippen LogP contribution in [0.1, 0.15) is 50.5 Å². The van der Waals surface area contributed by atoms with Crippen molar-refractivity contribution in [3.8, 4) is 0 Å². The van der Waals surface area contributed by atoms with Crippen LogP contribution in [0.15, 0.2) is 30.3 Å². The van der Waals surface area contributed by atoms with Crippen LogP contribution in [0.4, 0.5) is 0 Å². The molecule has 2 fully saturated rings. The molecule has 3 nitrogen and oxygen atoms in total. The highest BCUT2D eigenvalue weighted by Gasteiger charge is 2.30. The van der Waals surface area contributed by atoms with E-state index < -0.39 is 0 Å². The third kappa shape index (κ3) is 4.35. The van der Waals surface area contributed by atoms with Crippen molar-refractivity contribution in [3.63, 3.8) is 0 Å². The summed E-state index contributed by atoms with van der Waals surface area (Å²) in [6.45, 7) is 7.52. The van der Waals surface area contributed by atoms with Gasteiger partial charge in [0.25, 0.3) is 0 Å². The molecular formula is C20H30N2O. The van der Waals surface area contributed by atoms with Crippen LogP contribution in [0.3, 0.4) is 0 Å². The predicted molar refractivity (Wildman–Crippen MR) is 94.5 cm³/mol. The van der Waals surface area contributed by atoms with Gasteiger partial charge < -0.3 is 9.80 Å². The van der Waals surface area contributed by atoms with E-state index in [-0.39, 0.29) is 0 Å². The molecule has 1 heterocycles. The Morgan fingerprint density at radius 2 is 1.87 bits per heavy atom. The van der Waals surface area contributed by atoms with Crippen molar-refractivity contribution >= 4 is 5.91 Å². The third-order valence-corrected chi connectivity index (χ3v) is 5.60. The van der Waals surface area contributed by atoms with Crippen LogP contribution in [0.2, 0.25) is 0 Å². The molecule has 1 aliphatic heterocycles. The highest BCUT2D eigenvalue weighted by Crippen LogP contribution is 2.28. The van der Waals surface area contributed by atoms with Gasteiger partial charge in [-0.15, -0.1) is 0 Å². The maximum absolute atomic E-state index is 12.4. The summed E-state index contributed by atoms with van der Waals surface area (Å²) in [6.07, 6.45) is 5.80. The minimum atomic E-state index is 0.347. The summed E-state index contributed by atoms with van der Waals surface area (Å²) in [5, 5.41) is 0. The average Bonchev–Trinajstić information content (AvgIpc) is 2.77. The molecule has 0 spiro atoms. The maximum atomic E-state index is 12.4. The molecule has 0 bridgehead atoms. The van der Waals surface area contributed by atoms with Crippen molar-refractivity contribution < 1.29 is 4.79 Å². The van der Waals surface area contributed by atoms with Crippen molar-refractivity contribution in [2.75, 3.05) is 32.7 Å². The number of carbonyl (C=O) groups is 1. The summed E-state index contributed by atoms with van der Waals surface area (Å²) in [4.78, 5) is 17.1. The molecule has 3 heteroatoms. The molecule has 23 heavy (non-hydrogen) atoms. The number of amides is 1. The lowest BCUT2D eigenvalue weighted by molar-refractivity contribution is -0.138. The van der Waals surface area contributed by atoms with Gasteiger partial charge in [0, 0.05) is 25.6 Å². The number of hydrogen-bond donors (Lipinski definition) is 0. The summed E-state index contributed by atoms with van der Waals surface area (Å²) >= 11 is 0. The van der Waals surface area contributed by atoms with E-state index in [2.05, 4.69) is 47.1 Å². The highest BCUT2D eigenvalue weighted by molar-refractivity contribution is 5.79. The van der Waals surface area contributed by atoms with Gasteiger partial charge >= 0.3 is 0 Å². The average molecular weight is 314 g/mol. The zero-order valence-electron chi connectivity index (χ0n) is 14.4. The van der Waals surface area contributed by atoms with Gasteiger partial charge in [0.05, 0.1) is 0 Å². The van der Waals surface area contributed by atoms with Gasteiger partial charge in [-0.2, -0.15) is 0 Å². The molecule has 1 aromatic rings. The number of rotatable bonds is 5. The molecule has 126 valence electrons. The Labute approximate surface area is 140 Å². The van der Waals surface area contributed by atoms with E-state index in [4.69, 9.17) is 0 Å². The van der Waals surface area contributed by atoms with Crippen LogP contribution in [0.5, 0.6) is 0 Å². The molecule has 3 rings (SSSR count). The van der Waals surface area contributed by atoms with Gasteiger partial charge in [-0.05, 0) is 50.3 Å². The van der Waals surface area contributed by atoms with Crippen LogP contribution in [-0.4, -0.2) is 48.4 Å². The second-order valence-corrected chi connectivity index (χ2v) is 7.25. The van der Waals surface area contributed by atoms with Gasteiger partial charge in [-0.1, -0.05) is 43.7 Å². The Hall–Kier alpha value is -1.35. The van der Waals surface area contributed by atoms with Crippen molar-refractivity contribution in [1.29, 1.82) is 0 Å². The van der Waals surface area contributed by atoms with Crippen LogP contribution in [0.25, 0.3) is 0 Å². The summed E-state index contributed by atoms with van der Waals surface area (Å²) in [7, 11) is 0. The van der Waals surface area contributed by atoms with E-state index in [0.29, 0.717) is 17.7 Å². The molecule has 1 aliphatic carbocycles. The fourth-order valence-corrected chi connectivity index (χ4v) is 3.65. The molecule has 1 atom stereocenters. The lowest BCUT2D eigenvalue weighted by Gasteiger charge is -2.31. The van der Waals surface area contributed by atoms with Crippen molar-refractivity contribution in [1.82, 2.24) is 9.80 Å². The van der Waals surface area contributed by atoms with E-state index in [9.17, 15) is 4.79 Å². The second kappa shape index (κ2) is 7.96. The number of benzene rings is 1. The first-order valence-electron chi connectivity index (χ1n) is 9.30. The Morgan fingerprint density at radius 3 is 2.57 bits per heavy atom. The molecule has 1 amide bonds. The first-order valence-corrected chi connectivity index (χ1v) is 9.30. The van der Waals surface area contributed by atoms with Crippen molar-refractivity contribution in [2.45, 2.75) is 44.9 Å². The molecule has 1 aromatic carbocycles. The van der Waals surface area contributed by atoms with Gasteiger partial charge in [-0.3, -0.25) is 4.79 Å². The molecule has 0 unspecified atom stereocenters. The fourth-order valence-electron chi connectivity index (χ4n) is 3.65. The SMILES string of the molecule is C[C@@H](CCN1CCCN(C(=O)C2CCC2)CC1)c1ccccc1. The molecule has 1 saturated carbocycles. The summed E-state index contributed by atoms with van der Waals surface area (Å²) in [6, 6.07) is 10.8. The number of carbonyl (C=O) groups excluding carboxylic acids is 1. The molecule has 0 radical (unpaired) electrons. The summed E-state index contributed by atoms with van der Waals surface area (Å²) in [5.74, 6) is 1.38. The highest BCUT2D eigenvalue weighted by atomic mass is 16.2. The third-order valence-electron chi connectivity index (χ3n) is 5.60. The van der Waals surface area contributed by atoms with Crippen molar-refractivity contribution in [2.24, 2.45) is 5.92 Å². The minimum Gasteiger partial charge on any atom is -0.341 e. The van der Waals surface area contributed by atoms with E-state index in [1.54, 1.807) is 0 Å².